The molecule has 3 aromatic rings. The van der Waals surface area contributed by atoms with E-state index >= 15 is 0 Å². The zero-order valence-electron chi connectivity index (χ0n) is 22.9. The summed E-state index contributed by atoms with van der Waals surface area (Å²) >= 11 is 11.7. The molecule has 1 saturated heterocycles. The van der Waals surface area contributed by atoms with Crippen LogP contribution in [0.5, 0.6) is 5.75 Å². The maximum atomic E-state index is 13.3. The smallest absolute Gasteiger partial charge is 0.254 e. The third kappa shape index (κ3) is 6.28. The predicted octanol–water partition coefficient (Wildman–Crippen LogP) is 7.34. The van der Waals surface area contributed by atoms with Gasteiger partial charge in [0.05, 0.1) is 23.2 Å². The fourth-order valence-corrected chi connectivity index (χ4v) is 7.38. The number of hydrogen-bond acceptors (Lipinski definition) is 4. The van der Waals surface area contributed by atoms with E-state index in [4.69, 9.17) is 27.9 Å². The molecule has 3 unspecified atom stereocenters. The van der Waals surface area contributed by atoms with Crippen molar-refractivity contribution in [2.45, 2.75) is 42.0 Å². The third-order valence-corrected chi connectivity index (χ3v) is 10.0. The van der Waals surface area contributed by atoms with Gasteiger partial charge >= 0.3 is 0 Å². The van der Waals surface area contributed by atoms with Crippen molar-refractivity contribution in [2.75, 3.05) is 40.0 Å². The molecule has 1 fully saturated rings. The zero-order valence-corrected chi connectivity index (χ0v) is 26.1. The van der Waals surface area contributed by atoms with Crippen molar-refractivity contribution in [1.29, 1.82) is 0 Å². The number of likely N-dealkylation sites (N-methyl/N-ethyl adjacent to an activating group) is 1. The van der Waals surface area contributed by atoms with Gasteiger partial charge in [-0.1, -0.05) is 53.5 Å². The second-order valence-corrected chi connectivity index (χ2v) is 12.7. The fraction of sp³-hybridized carbons (Fsp3) is 0.387. The van der Waals surface area contributed by atoms with Crippen LogP contribution in [0.3, 0.4) is 0 Å². The summed E-state index contributed by atoms with van der Waals surface area (Å²) in [6.45, 7) is 2.87. The number of carbonyl (C=O) groups excluding carboxylic acids is 1. The number of piperidine rings is 1. The van der Waals surface area contributed by atoms with Crippen LogP contribution in [0.25, 0.3) is 0 Å². The van der Waals surface area contributed by atoms with Crippen LogP contribution in [0, 0.1) is 0 Å². The Morgan fingerprint density at radius 1 is 1.02 bits per heavy atom. The summed E-state index contributed by atoms with van der Waals surface area (Å²) in [4.78, 5) is 18.6. The molecule has 2 aliphatic rings. The second kappa shape index (κ2) is 13.4. The number of fused-ring (bicyclic) bond motifs is 1. The standard InChI is InChI=1S/C31H34Cl2N2O3S.ClH/c1-34-30(25-10-9-22(38-2)19-26(25)31(34)36)24(21-8-11-27(32)28(33)18-21)14-17-35-15-12-20(13-16-35)23-6-4-5-7-29(23)39(3)37;/h4-11,18-20,24,30H,12-17H2,1-3H3;1H. The molecule has 40 heavy (non-hydrogen) atoms. The fourth-order valence-electron chi connectivity index (χ4n) is 6.24. The molecule has 0 aliphatic carbocycles. The largest absolute Gasteiger partial charge is 0.612 e. The average Bonchev–Trinajstić information content (AvgIpc) is 3.20. The first kappa shape index (κ1) is 31.0. The molecule has 9 heteroatoms. The molecule has 5 nitrogen and oxygen atoms in total. The Bertz CT molecular complexity index is 1350. The molecule has 0 spiro atoms. The zero-order chi connectivity index (χ0) is 27.7. The predicted molar refractivity (Wildman–Crippen MR) is 166 cm³/mol. The van der Waals surface area contributed by atoms with Crippen LogP contribution >= 0.6 is 35.6 Å². The first-order valence-electron chi connectivity index (χ1n) is 13.3. The van der Waals surface area contributed by atoms with Gasteiger partial charge in [-0.05, 0) is 97.4 Å². The van der Waals surface area contributed by atoms with E-state index < -0.39 is 11.2 Å². The Labute approximate surface area is 256 Å². The molecule has 5 rings (SSSR count). The molecule has 0 bridgehead atoms. The third-order valence-electron chi connectivity index (χ3n) is 8.31. The highest BCUT2D eigenvalue weighted by molar-refractivity contribution is 7.90. The van der Waals surface area contributed by atoms with Crippen molar-refractivity contribution in [3.05, 3.63) is 93.0 Å². The van der Waals surface area contributed by atoms with Crippen molar-refractivity contribution in [2.24, 2.45) is 0 Å². The number of methoxy groups -OCH3 is 1. The molecular formula is C31H35Cl3N2O3S. The first-order valence-corrected chi connectivity index (χ1v) is 15.6. The highest BCUT2D eigenvalue weighted by atomic mass is 35.5. The summed E-state index contributed by atoms with van der Waals surface area (Å²) in [5.74, 6) is 1.15. The molecule has 1 amide bonds. The Morgan fingerprint density at radius 2 is 1.75 bits per heavy atom. The minimum atomic E-state index is -0.988. The number of benzene rings is 3. The Morgan fingerprint density at radius 3 is 2.42 bits per heavy atom. The van der Waals surface area contributed by atoms with Crippen LogP contribution in [0.1, 0.15) is 64.2 Å². The molecule has 0 N–H and O–H groups in total. The lowest BCUT2D eigenvalue weighted by molar-refractivity contribution is 0.0746. The van der Waals surface area contributed by atoms with Crippen LogP contribution in [-0.2, 0) is 11.2 Å². The summed E-state index contributed by atoms with van der Waals surface area (Å²) in [5, 5.41) is 1.05. The van der Waals surface area contributed by atoms with Crippen LogP contribution in [0.2, 0.25) is 10.0 Å². The van der Waals surface area contributed by atoms with Gasteiger partial charge in [-0.25, -0.2) is 0 Å². The lowest BCUT2D eigenvalue weighted by Crippen LogP contribution is -2.36. The number of amides is 1. The van der Waals surface area contributed by atoms with E-state index in [-0.39, 0.29) is 30.3 Å². The topological polar surface area (TPSA) is 55.8 Å². The maximum absolute atomic E-state index is 13.3. The second-order valence-electron chi connectivity index (χ2n) is 10.5. The number of ether oxygens (including phenoxy) is 1. The summed E-state index contributed by atoms with van der Waals surface area (Å²) in [5.41, 5.74) is 4.01. The van der Waals surface area contributed by atoms with Crippen molar-refractivity contribution in [1.82, 2.24) is 9.80 Å². The molecule has 2 heterocycles. The molecular weight excluding hydrogens is 587 g/mol. The minimum absolute atomic E-state index is 0. The van der Waals surface area contributed by atoms with Crippen LogP contribution in [0.4, 0.5) is 0 Å². The van der Waals surface area contributed by atoms with E-state index in [1.165, 1.54) is 5.56 Å². The van der Waals surface area contributed by atoms with E-state index in [1.807, 2.05) is 66.5 Å². The highest BCUT2D eigenvalue weighted by Gasteiger charge is 2.40. The van der Waals surface area contributed by atoms with E-state index in [9.17, 15) is 9.35 Å². The molecule has 214 valence electrons. The Kier molecular flexibility index (Phi) is 10.4. The minimum Gasteiger partial charge on any atom is -0.612 e. The summed E-state index contributed by atoms with van der Waals surface area (Å²) in [6, 6.07) is 19.6. The van der Waals surface area contributed by atoms with Crippen molar-refractivity contribution in [3.8, 4) is 5.75 Å². The van der Waals surface area contributed by atoms with Gasteiger partial charge in [0.25, 0.3) is 5.91 Å². The summed E-state index contributed by atoms with van der Waals surface area (Å²) < 4.78 is 17.7. The number of rotatable bonds is 8. The summed E-state index contributed by atoms with van der Waals surface area (Å²) in [6.07, 6.45) is 4.70. The quantitative estimate of drug-likeness (QED) is 0.247. The highest BCUT2D eigenvalue weighted by Crippen LogP contribution is 2.46. The van der Waals surface area contributed by atoms with Gasteiger partial charge in [-0.3, -0.25) is 4.79 Å². The van der Waals surface area contributed by atoms with Gasteiger partial charge in [0.15, 0.2) is 4.90 Å². The molecule has 2 aliphatic heterocycles. The van der Waals surface area contributed by atoms with E-state index in [0.29, 0.717) is 27.3 Å². The SMILES string of the molecule is COc1ccc2c(c1)C(=O)N(C)C2C(CCN1CCC(c2ccccc2[S+](C)[O-])CC1)c1ccc(Cl)c(Cl)c1.Cl. The number of carbonyl (C=O) groups is 1. The van der Waals surface area contributed by atoms with Gasteiger partial charge in [-0.2, -0.15) is 0 Å². The lowest BCUT2D eigenvalue weighted by atomic mass is 9.84. The van der Waals surface area contributed by atoms with Gasteiger partial charge in [0, 0.05) is 24.1 Å². The van der Waals surface area contributed by atoms with Crippen LogP contribution < -0.4 is 4.74 Å². The van der Waals surface area contributed by atoms with Crippen molar-refractivity contribution >= 4 is 52.7 Å². The molecule has 0 aromatic heterocycles. The van der Waals surface area contributed by atoms with Gasteiger partial charge in [-0.15, -0.1) is 12.4 Å². The average molecular weight is 622 g/mol. The van der Waals surface area contributed by atoms with Gasteiger partial charge < -0.3 is 19.1 Å². The number of nitrogens with zero attached hydrogens (tertiary/aromatic N) is 2. The number of likely N-dealkylation sites (tertiary alicyclic amines) is 1. The number of halogens is 3. The van der Waals surface area contributed by atoms with Crippen LogP contribution in [-0.4, -0.2) is 60.3 Å². The van der Waals surface area contributed by atoms with Gasteiger partial charge in [0.1, 0.15) is 12.0 Å². The van der Waals surface area contributed by atoms with Crippen molar-refractivity contribution < 1.29 is 14.1 Å². The van der Waals surface area contributed by atoms with Crippen molar-refractivity contribution in [3.63, 3.8) is 0 Å². The monoisotopic (exact) mass is 620 g/mol. The molecule has 0 saturated carbocycles. The normalized spacial score (nSPS) is 19.2. The Hall–Kier alpha value is -1.93. The molecule has 0 radical (unpaired) electrons. The maximum Gasteiger partial charge on any atom is 0.254 e. The van der Waals surface area contributed by atoms with E-state index in [2.05, 4.69) is 11.0 Å². The summed E-state index contributed by atoms with van der Waals surface area (Å²) in [7, 11) is 3.49. The van der Waals surface area contributed by atoms with Crippen LogP contribution in [0.15, 0.2) is 65.6 Å². The Balaban J connectivity index is 0.00000370. The first-order chi connectivity index (χ1) is 18.8. The molecule has 3 aromatic carbocycles. The van der Waals surface area contributed by atoms with E-state index in [1.54, 1.807) is 13.4 Å². The lowest BCUT2D eigenvalue weighted by Gasteiger charge is -2.35. The van der Waals surface area contributed by atoms with E-state index in [0.717, 1.165) is 54.9 Å². The van der Waals surface area contributed by atoms with Gasteiger partial charge in [0.2, 0.25) is 0 Å². The molecule has 3 atom stereocenters. The number of hydrogen-bond donors (Lipinski definition) is 0.